The molecule has 0 saturated carbocycles. The summed E-state index contributed by atoms with van der Waals surface area (Å²) >= 11 is 3.38. The van der Waals surface area contributed by atoms with Gasteiger partial charge in [0.2, 0.25) is 0 Å². The topological polar surface area (TPSA) is 29.5 Å². The Morgan fingerprint density at radius 1 is 1.38 bits per heavy atom. The van der Waals surface area contributed by atoms with E-state index in [2.05, 4.69) is 36.7 Å². The number of aliphatic hydroxyl groups is 1. The van der Waals surface area contributed by atoms with Gasteiger partial charge in [-0.2, -0.15) is 0 Å². The van der Waals surface area contributed by atoms with Crippen LogP contribution in [0.3, 0.4) is 0 Å². The molecule has 0 radical (unpaired) electrons. The predicted molar refractivity (Wildman–Crippen MR) is 69.7 cm³/mol. The van der Waals surface area contributed by atoms with E-state index in [1.54, 1.807) is 0 Å². The van der Waals surface area contributed by atoms with Gasteiger partial charge >= 0.3 is 0 Å². The second-order valence-corrected chi connectivity index (χ2v) is 6.10. The van der Waals surface area contributed by atoms with Crippen LogP contribution in [-0.4, -0.2) is 17.8 Å². The van der Waals surface area contributed by atoms with Crippen molar-refractivity contribution in [2.24, 2.45) is 5.41 Å². The van der Waals surface area contributed by atoms with Crippen molar-refractivity contribution in [2.75, 3.05) is 6.61 Å². The van der Waals surface area contributed by atoms with E-state index < -0.39 is 6.10 Å². The standard InChI is InChI=1S/C13H19BrO2/c1-13(2,3)8-11(15)9-16-12-6-4-5-10(14)7-12/h4-7,11,15H,8-9H2,1-3H3. The van der Waals surface area contributed by atoms with Crippen LogP contribution < -0.4 is 4.74 Å². The van der Waals surface area contributed by atoms with E-state index in [1.165, 1.54) is 0 Å². The van der Waals surface area contributed by atoms with Crippen LogP contribution in [0.1, 0.15) is 27.2 Å². The molecule has 1 aromatic carbocycles. The lowest BCUT2D eigenvalue weighted by molar-refractivity contribution is 0.0710. The van der Waals surface area contributed by atoms with Gasteiger partial charge in [-0.15, -0.1) is 0 Å². The summed E-state index contributed by atoms with van der Waals surface area (Å²) < 4.78 is 6.50. The molecule has 0 spiro atoms. The van der Waals surface area contributed by atoms with Crippen molar-refractivity contribution < 1.29 is 9.84 Å². The lowest BCUT2D eigenvalue weighted by Gasteiger charge is -2.22. The van der Waals surface area contributed by atoms with Crippen molar-refractivity contribution in [1.82, 2.24) is 0 Å². The first kappa shape index (κ1) is 13.5. The molecule has 2 nitrogen and oxygen atoms in total. The zero-order chi connectivity index (χ0) is 12.2. The Balaban J connectivity index is 2.40. The number of ether oxygens (including phenoxy) is 1. The van der Waals surface area contributed by atoms with Crippen molar-refractivity contribution >= 4 is 15.9 Å². The molecule has 0 amide bonds. The van der Waals surface area contributed by atoms with E-state index in [1.807, 2.05) is 24.3 Å². The minimum Gasteiger partial charge on any atom is -0.491 e. The predicted octanol–water partition coefficient (Wildman–Crippen LogP) is 3.63. The van der Waals surface area contributed by atoms with E-state index in [0.29, 0.717) is 6.61 Å². The van der Waals surface area contributed by atoms with E-state index in [0.717, 1.165) is 16.6 Å². The van der Waals surface area contributed by atoms with Crippen LogP contribution in [0, 0.1) is 5.41 Å². The fraction of sp³-hybridized carbons (Fsp3) is 0.538. The molecular weight excluding hydrogens is 268 g/mol. The molecule has 0 saturated heterocycles. The third kappa shape index (κ3) is 5.52. The maximum absolute atomic E-state index is 9.78. The van der Waals surface area contributed by atoms with Gasteiger partial charge in [0.15, 0.2) is 0 Å². The third-order valence-electron chi connectivity index (χ3n) is 2.09. The van der Waals surface area contributed by atoms with E-state index in [9.17, 15) is 5.11 Å². The summed E-state index contributed by atoms with van der Waals surface area (Å²) in [6, 6.07) is 7.63. The number of hydrogen-bond donors (Lipinski definition) is 1. The normalized spacial score (nSPS) is 13.6. The van der Waals surface area contributed by atoms with Crippen LogP contribution in [0.15, 0.2) is 28.7 Å². The Labute approximate surface area is 106 Å². The summed E-state index contributed by atoms with van der Waals surface area (Å²) in [5.74, 6) is 0.780. The second-order valence-electron chi connectivity index (χ2n) is 5.19. The van der Waals surface area contributed by atoms with Crippen molar-refractivity contribution in [3.8, 4) is 5.75 Å². The average molecular weight is 287 g/mol. The fourth-order valence-electron chi connectivity index (χ4n) is 1.52. The maximum Gasteiger partial charge on any atom is 0.120 e. The number of halogens is 1. The summed E-state index contributed by atoms with van der Waals surface area (Å²) in [4.78, 5) is 0. The van der Waals surface area contributed by atoms with Crippen LogP contribution in [0.25, 0.3) is 0 Å². The lowest BCUT2D eigenvalue weighted by Crippen LogP contribution is -2.23. The van der Waals surface area contributed by atoms with Crippen LogP contribution in [0.5, 0.6) is 5.75 Å². The first-order valence-corrected chi connectivity index (χ1v) is 6.22. The molecule has 1 rings (SSSR count). The summed E-state index contributed by atoms with van der Waals surface area (Å²) in [5, 5.41) is 9.78. The Hall–Kier alpha value is -0.540. The van der Waals surface area contributed by atoms with Gasteiger partial charge in [0.25, 0.3) is 0 Å². The number of hydrogen-bond acceptors (Lipinski definition) is 2. The lowest BCUT2D eigenvalue weighted by atomic mass is 9.89. The van der Waals surface area contributed by atoms with Gasteiger partial charge in [0.05, 0.1) is 6.10 Å². The van der Waals surface area contributed by atoms with Gasteiger partial charge < -0.3 is 9.84 Å². The van der Waals surface area contributed by atoms with Gasteiger partial charge in [-0.25, -0.2) is 0 Å². The minimum absolute atomic E-state index is 0.125. The summed E-state index contributed by atoms with van der Waals surface area (Å²) in [6.45, 7) is 6.66. The zero-order valence-electron chi connectivity index (χ0n) is 10.0. The zero-order valence-corrected chi connectivity index (χ0v) is 11.6. The highest BCUT2D eigenvalue weighted by Gasteiger charge is 2.17. The SMILES string of the molecule is CC(C)(C)CC(O)COc1cccc(Br)c1. The Kier molecular flexibility index (Phi) is 4.81. The summed E-state index contributed by atoms with van der Waals surface area (Å²) in [6.07, 6.45) is 0.319. The van der Waals surface area contributed by atoms with Crippen LogP contribution in [0.2, 0.25) is 0 Å². The van der Waals surface area contributed by atoms with Crippen molar-refractivity contribution in [2.45, 2.75) is 33.3 Å². The van der Waals surface area contributed by atoms with Gasteiger partial charge in [-0.1, -0.05) is 42.8 Å². The molecule has 0 bridgehead atoms. The molecule has 0 fully saturated rings. The second kappa shape index (κ2) is 5.69. The van der Waals surface area contributed by atoms with E-state index in [-0.39, 0.29) is 5.41 Å². The highest BCUT2D eigenvalue weighted by atomic mass is 79.9. The first-order chi connectivity index (χ1) is 7.37. The van der Waals surface area contributed by atoms with Crippen molar-refractivity contribution in [3.05, 3.63) is 28.7 Å². The van der Waals surface area contributed by atoms with Gasteiger partial charge in [-0.05, 0) is 30.0 Å². The van der Waals surface area contributed by atoms with Gasteiger partial charge in [0.1, 0.15) is 12.4 Å². The number of aliphatic hydroxyl groups excluding tert-OH is 1. The maximum atomic E-state index is 9.78. The minimum atomic E-state index is -0.418. The Bertz CT molecular complexity index is 331. The Morgan fingerprint density at radius 2 is 2.06 bits per heavy atom. The molecule has 1 unspecified atom stereocenters. The average Bonchev–Trinajstić information content (AvgIpc) is 2.12. The third-order valence-corrected chi connectivity index (χ3v) is 2.58. The molecule has 16 heavy (non-hydrogen) atoms. The molecule has 0 aromatic heterocycles. The molecule has 1 atom stereocenters. The molecule has 0 heterocycles. The highest BCUT2D eigenvalue weighted by Crippen LogP contribution is 2.22. The molecule has 0 aliphatic rings. The van der Waals surface area contributed by atoms with Crippen LogP contribution in [0.4, 0.5) is 0 Å². The van der Waals surface area contributed by atoms with Gasteiger partial charge in [-0.3, -0.25) is 0 Å². The molecular formula is C13H19BrO2. The molecule has 90 valence electrons. The van der Waals surface area contributed by atoms with Gasteiger partial charge in [0, 0.05) is 4.47 Å². The number of benzene rings is 1. The van der Waals surface area contributed by atoms with Crippen LogP contribution in [-0.2, 0) is 0 Å². The Morgan fingerprint density at radius 3 is 2.62 bits per heavy atom. The van der Waals surface area contributed by atoms with Crippen LogP contribution >= 0.6 is 15.9 Å². The first-order valence-electron chi connectivity index (χ1n) is 5.43. The summed E-state index contributed by atoms with van der Waals surface area (Å²) in [5.41, 5.74) is 0.125. The van der Waals surface area contributed by atoms with Crippen molar-refractivity contribution in [1.29, 1.82) is 0 Å². The molecule has 3 heteroatoms. The van der Waals surface area contributed by atoms with E-state index >= 15 is 0 Å². The molecule has 1 aromatic rings. The quantitative estimate of drug-likeness (QED) is 0.916. The largest absolute Gasteiger partial charge is 0.491 e. The molecule has 0 aliphatic carbocycles. The number of rotatable bonds is 4. The summed E-state index contributed by atoms with van der Waals surface area (Å²) in [7, 11) is 0. The highest BCUT2D eigenvalue weighted by molar-refractivity contribution is 9.10. The smallest absolute Gasteiger partial charge is 0.120 e. The molecule has 1 N–H and O–H groups in total. The fourth-order valence-corrected chi connectivity index (χ4v) is 1.89. The van der Waals surface area contributed by atoms with Crippen molar-refractivity contribution in [3.63, 3.8) is 0 Å². The monoisotopic (exact) mass is 286 g/mol. The molecule has 0 aliphatic heterocycles. The van der Waals surface area contributed by atoms with E-state index in [4.69, 9.17) is 4.74 Å².